The van der Waals surface area contributed by atoms with E-state index in [4.69, 9.17) is 16.3 Å². The minimum atomic E-state index is -0.215. The molecule has 0 unspecified atom stereocenters. The molecular formula is C23H20ClN5O2. The van der Waals surface area contributed by atoms with Gasteiger partial charge in [0.2, 0.25) is 5.91 Å². The number of nitriles is 1. The molecule has 156 valence electrons. The van der Waals surface area contributed by atoms with Gasteiger partial charge in [-0.3, -0.25) is 4.79 Å². The van der Waals surface area contributed by atoms with Crippen LogP contribution in [0.3, 0.4) is 0 Å². The van der Waals surface area contributed by atoms with Crippen molar-refractivity contribution in [2.45, 2.75) is 32.1 Å². The number of hydrogen-bond donors (Lipinski definition) is 1. The maximum absolute atomic E-state index is 12.9. The topological polar surface area (TPSA) is 83.2 Å². The fraction of sp³-hybridized carbons (Fsp3) is 0.261. The lowest BCUT2D eigenvalue weighted by Gasteiger charge is -2.19. The molecule has 3 heterocycles. The van der Waals surface area contributed by atoms with Crippen molar-refractivity contribution in [2.75, 3.05) is 6.54 Å². The highest BCUT2D eigenvalue weighted by Crippen LogP contribution is 2.31. The summed E-state index contributed by atoms with van der Waals surface area (Å²) < 4.78 is 8.12. The fourth-order valence-corrected chi connectivity index (χ4v) is 4.36. The van der Waals surface area contributed by atoms with E-state index in [1.165, 1.54) is 0 Å². The number of nitrogens with zero attached hydrogens (tertiary/aromatic N) is 4. The number of carbonyl (C=O) groups excluding carboxylic acids is 1. The van der Waals surface area contributed by atoms with E-state index < -0.39 is 0 Å². The molecule has 2 aliphatic rings. The molecular weight excluding hydrogens is 414 g/mol. The Hall–Kier alpha value is -3.34. The van der Waals surface area contributed by atoms with E-state index in [2.05, 4.69) is 16.4 Å². The molecule has 1 atom stereocenters. The van der Waals surface area contributed by atoms with E-state index in [-0.39, 0.29) is 11.9 Å². The summed E-state index contributed by atoms with van der Waals surface area (Å²) in [5.74, 6) is 1.09. The Morgan fingerprint density at radius 3 is 2.97 bits per heavy atom. The zero-order valence-corrected chi connectivity index (χ0v) is 17.5. The van der Waals surface area contributed by atoms with Crippen molar-refractivity contribution in [1.82, 2.24) is 19.8 Å². The second-order valence-corrected chi connectivity index (χ2v) is 8.27. The molecule has 0 aliphatic carbocycles. The third-order valence-electron chi connectivity index (χ3n) is 5.68. The number of carbonyl (C=O) groups is 1. The van der Waals surface area contributed by atoms with Crippen molar-refractivity contribution in [1.29, 1.82) is 5.26 Å². The van der Waals surface area contributed by atoms with E-state index >= 15 is 0 Å². The van der Waals surface area contributed by atoms with Gasteiger partial charge in [-0.15, -0.1) is 0 Å². The number of aromatic nitrogens is 2. The largest absolute Gasteiger partial charge is 0.456 e. The van der Waals surface area contributed by atoms with Gasteiger partial charge in [0.1, 0.15) is 17.6 Å². The Morgan fingerprint density at radius 2 is 2.10 bits per heavy atom. The van der Waals surface area contributed by atoms with E-state index in [1.807, 2.05) is 33.7 Å². The summed E-state index contributed by atoms with van der Waals surface area (Å²) in [6, 6.07) is 12.9. The SMILES string of the molecule is N#Cc1ccc2cc1Oc1cc(Cl)cc(c1)CN1CC[C@H](NCc3cncn3C2)C1=O. The first-order chi connectivity index (χ1) is 15.1. The second kappa shape index (κ2) is 8.06. The first-order valence-electron chi connectivity index (χ1n) is 10.1. The highest BCUT2D eigenvalue weighted by Gasteiger charge is 2.31. The van der Waals surface area contributed by atoms with Gasteiger partial charge in [-0.05, 0) is 47.9 Å². The number of nitrogens with one attached hydrogen (secondary N) is 1. The molecule has 2 aliphatic heterocycles. The molecule has 1 N–H and O–H groups in total. The van der Waals surface area contributed by atoms with Crippen LogP contribution in [0.15, 0.2) is 48.9 Å². The number of rotatable bonds is 0. The van der Waals surface area contributed by atoms with Crippen LogP contribution in [-0.4, -0.2) is 32.9 Å². The predicted octanol–water partition coefficient (Wildman–Crippen LogP) is 3.45. The smallest absolute Gasteiger partial charge is 0.240 e. The fourth-order valence-electron chi connectivity index (χ4n) is 4.11. The van der Waals surface area contributed by atoms with Crippen molar-refractivity contribution in [2.24, 2.45) is 0 Å². The summed E-state index contributed by atoms with van der Waals surface area (Å²) in [5.41, 5.74) is 3.29. The van der Waals surface area contributed by atoms with Gasteiger partial charge in [0.25, 0.3) is 0 Å². The summed E-state index contributed by atoms with van der Waals surface area (Å²) in [4.78, 5) is 19.0. The molecule has 7 nitrogen and oxygen atoms in total. The van der Waals surface area contributed by atoms with Gasteiger partial charge >= 0.3 is 0 Å². The molecule has 3 aromatic rings. The number of fused-ring (bicyclic) bond motifs is 7. The predicted molar refractivity (Wildman–Crippen MR) is 115 cm³/mol. The van der Waals surface area contributed by atoms with E-state index in [1.54, 1.807) is 24.7 Å². The average Bonchev–Trinajstić information content (AvgIpc) is 3.32. The molecule has 0 saturated carbocycles. The van der Waals surface area contributed by atoms with Gasteiger partial charge in [-0.1, -0.05) is 17.7 Å². The number of hydrogen-bond acceptors (Lipinski definition) is 5. The molecule has 1 saturated heterocycles. The molecule has 1 aromatic heterocycles. The van der Waals surface area contributed by atoms with Crippen LogP contribution in [0.1, 0.15) is 28.8 Å². The summed E-state index contributed by atoms with van der Waals surface area (Å²) in [7, 11) is 0. The van der Waals surface area contributed by atoms with E-state index in [0.717, 1.165) is 23.2 Å². The molecule has 6 bridgehead atoms. The van der Waals surface area contributed by atoms with Crippen molar-refractivity contribution >= 4 is 17.5 Å². The van der Waals surface area contributed by atoms with Crippen molar-refractivity contribution in [3.63, 3.8) is 0 Å². The second-order valence-electron chi connectivity index (χ2n) is 7.83. The van der Waals surface area contributed by atoms with Gasteiger partial charge in [0.15, 0.2) is 0 Å². The average molecular weight is 434 g/mol. The number of amides is 1. The molecule has 5 rings (SSSR count). The van der Waals surface area contributed by atoms with Crippen LogP contribution in [0.2, 0.25) is 5.02 Å². The van der Waals surface area contributed by atoms with E-state index in [9.17, 15) is 10.1 Å². The van der Waals surface area contributed by atoms with Crippen LogP contribution < -0.4 is 10.1 Å². The number of benzene rings is 2. The third kappa shape index (κ3) is 4.00. The van der Waals surface area contributed by atoms with Crippen molar-refractivity contribution in [3.05, 3.63) is 76.3 Å². The lowest BCUT2D eigenvalue weighted by molar-refractivity contribution is -0.129. The van der Waals surface area contributed by atoms with Crippen LogP contribution in [0.25, 0.3) is 0 Å². The Kier molecular flexibility index (Phi) is 5.10. The molecule has 8 heteroatoms. The summed E-state index contributed by atoms with van der Waals surface area (Å²) in [6.07, 6.45) is 4.33. The number of ether oxygens (including phenoxy) is 1. The summed E-state index contributed by atoms with van der Waals surface area (Å²) in [5, 5.41) is 13.4. The van der Waals surface area contributed by atoms with Gasteiger partial charge in [-0.2, -0.15) is 5.26 Å². The molecule has 0 spiro atoms. The van der Waals surface area contributed by atoms with Crippen LogP contribution in [0.5, 0.6) is 11.5 Å². The standard InChI is InChI=1S/C23H20ClN5O2/c24-18-5-16-6-20(8-18)31-22-7-15(1-2-17(22)9-25)12-29-14-26-10-19(29)11-27-21-3-4-28(13-16)23(21)30/h1-2,5-8,10,14,21,27H,3-4,11-13H2/t21-/m0/s1. The van der Waals surface area contributed by atoms with Gasteiger partial charge < -0.3 is 19.5 Å². The van der Waals surface area contributed by atoms with Crippen molar-refractivity contribution < 1.29 is 9.53 Å². The Bertz CT molecular complexity index is 1200. The maximum atomic E-state index is 12.9. The maximum Gasteiger partial charge on any atom is 0.240 e. The van der Waals surface area contributed by atoms with Gasteiger partial charge in [0, 0.05) is 37.4 Å². The quantitative estimate of drug-likeness (QED) is 0.587. The van der Waals surface area contributed by atoms with E-state index in [0.29, 0.717) is 48.3 Å². The molecule has 31 heavy (non-hydrogen) atoms. The monoisotopic (exact) mass is 433 g/mol. The Balaban J connectivity index is 1.58. The molecule has 1 fully saturated rings. The molecule has 0 radical (unpaired) electrons. The molecule has 1 amide bonds. The zero-order valence-electron chi connectivity index (χ0n) is 16.7. The lowest BCUT2D eigenvalue weighted by atomic mass is 10.1. The van der Waals surface area contributed by atoms with Crippen LogP contribution >= 0.6 is 11.6 Å². The summed E-state index contributed by atoms with van der Waals surface area (Å²) in [6.45, 7) is 2.25. The highest BCUT2D eigenvalue weighted by atomic mass is 35.5. The number of halogens is 1. The number of imidazole rings is 1. The summed E-state index contributed by atoms with van der Waals surface area (Å²) >= 11 is 6.33. The highest BCUT2D eigenvalue weighted by molar-refractivity contribution is 6.30. The Labute approximate surface area is 184 Å². The third-order valence-corrected chi connectivity index (χ3v) is 5.90. The lowest BCUT2D eigenvalue weighted by Crippen LogP contribution is -2.38. The minimum Gasteiger partial charge on any atom is -0.456 e. The van der Waals surface area contributed by atoms with Crippen LogP contribution in [-0.2, 0) is 24.4 Å². The minimum absolute atomic E-state index is 0.0811. The molecule has 2 aromatic carbocycles. The first kappa shape index (κ1) is 19.6. The zero-order chi connectivity index (χ0) is 21.4. The normalized spacial score (nSPS) is 18.3. The van der Waals surface area contributed by atoms with Crippen LogP contribution in [0.4, 0.5) is 0 Å². The Morgan fingerprint density at radius 1 is 1.19 bits per heavy atom. The van der Waals surface area contributed by atoms with Gasteiger partial charge in [0.05, 0.1) is 23.6 Å². The van der Waals surface area contributed by atoms with Gasteiger partial charge in [-0.25, -0.2) is 4.98 Å². The van der Waals surface area contributed by atoms with Crippen molar-refractivity contribution in [3.8, 4) is 17.6 Å². The van der Waals surface area contributed by atoms with Crippen LogP contribution in [0, 0.1) is 11.3 Å². The first-order valence-corrected chi connectivity index (χ1v) is 10.5.